The van der Waals surface area contributed by atoms with Crippen LogP contribution in [0.1, 0.15) is 17.5 Å². The number of ketones is 1. The Morgan fingerprint density at radius 2 is 1.67 bits per heavy atom. The molecular weight excluding hydrogens is 348 g/mol. The molecule has 7 heteroatoms. The van der Waals surface area contributed by atoms with Crippen LogP contribution in [0.4, 0.5) is 0 Å². The quantitative estimate of drug-likeness (QED) is 0.661. The average Bonchev–Trinajstić information content (AvgIpc) is 3.23. The summed E-state index contributed by atoms with van der Waals surface area (Å²) in [6, 6.07) is 10.6. The van der Waals surface area contributed by atoms with Gasteiger partial charge in [0.05, 0.1) is 19.4 Å². The van der Waals surface area contributed by atoms with E-state index in [-0.39, 0.29) is 18.3 Å². The number of hydrogen-bond donors (Lipinski definition) is 0. The zero-order valence-electron chi connectivity index (χ0n) is 15.4. The fourth-order valence-electron chi connectivity index (χ4n) is 2.91. The van der Waals surface area contributed by atoms with Crippen molar-refractivity contribution in [2.75, 3.05) is 45.9 Å². The number of carbonyl (C=O) groups is 2. The summed E-state index contributed by atoms with van der Waals surface area (Å²) in [5.41, 5.74) is 0. The second-order valence-electron chi connectivity index (χ2n) is 6.25. The Balaban J connectivity index is 1.40. The smallest absolute Gasteiger partial charge is 0.260 e. The topological polar surface area (TPSA) is 72.2 Å². The highest BCUT2D eigenvalue weighted by Gasteiger charge is 2.23. The summed E-state index contributed by atoms with van der Waals surface area (Å²) in [4.78, 5) is 28.2. The first kappa shape index (κ1) is 19.0. The molecule has 0 radical (unpaired) electrons. The number of carbonyl (C=O) groups excluding carboxylic acids is 2. The van der Waals surface area contributed by atoms with Gasteiger partial charge in [-0.15, -0.1) is 0 Å². The average molecular weight is 372 g/mol. The van der Waals surface area contributed by atoms with Gasteiger partial charge in [-0.1, -0.05) is 0 Å². The molecule has 1 aromatic heterocycles. The minimum Gasteiger partial charge on any atom is -0.494 e. The number of ether oxygens (including phenoxy) is 2. The minimum atomic E-state index is -0.0547. The zero-order chi connectivity index (χ0) is 19.1. The number of piperazine rings is 1. The Hall–Kier alpha value is -2.80. The van der Waals surface area contributed by atoms with Crippen molar-refractivity contribution < 1.29 is 23.5 Å². The van der Waals surface area contributed by atoms with E-state index in [0.29, 0.717) is 50.8 Å². The van der Waals surface area contributed by atoms with E-state index in [4.69, 9.17) is 13.9 Å². The summed E-state index contributed by atoms with van der Waals surface area (Å²) in [7, 11) is 0. The maximum absolute atomic E-state index is 12.3. The number of hydrogen-bond acceptors (Lipinski definition) is 6. The molecule has 1 saturated heterocycles. The molecule has 2 aromatic rings. The predicted molar refractivity (Wildman–Crippen MR) is 99.2 cm³/mol. The number of rotatable bonds is 8. The van der Waals surface area contributed by atoms with Crippen LogP contribution in [0.25, 0.3) is 0 Å². The Bertz CT molecular complexity index is 734. The first-order valence-electron chi connectivity index (χ1n) is 9.08. The predicted octanol–water partition coefficient (Wildman–Crippen LogP) is 2.08. The fraction of sp³-hybridized carbons (Fsp3) is 0.400. The third kappa shape index (κ3) is 5.34. The third-order valence-corrected chi connectivity index (χ3v) is 4.39. The van der Waals surface area contributed by atoms with E-state index in [1.54, 1.807) is 29.2 Å². The Morgan fingerprint density at radius 1 is 1.00 bits per heavy atom. The Kier molecular flexibility index (Phi) is 6.49. The van der Waals surface area contributed by atoms with E-state index in [1.165, 1.54) is 6.26 Å². The third-order valence-electron chi connectivity index (χ3n) is 4.39. The summed E-state index contributed by atoms with van der Waals surface area (Å²) >= 11 is 0. The largest absolute Gasteiger partial charge is 0.494 e. The van der Waals surface area contributed by atoms with Gasteiger partial charge in [0.1, 0.15) is 11.5 Å². The van der Waals surface area contributed by atoms with Crippen LogP contribution in [-0.4, -0.2) is 67.4 Å². The van der Waals surface area contributed by atoms with E-state index >= 15 is 0 Å². The van der Waals surface area contributed by atoms with Gasteiger partial charge in [0.25, 0.3) is 5.91 Å². The molecule has 3 rings (SSSR count). The number of nitrogens with zero attached hydrogens (tertiary/aromatic N) is 2. The van der Waals surface area contributed by atoms with E-state index in [1.807, 2.05) is 24.0 Å². The second kappa shape index (κ2) is 9.23. The van der Waals surface area contributed by atoms with Crippen molar-refractivity contribution in [3.8, 4) is 11.5 Å². The molecule has 0 unspecified atom stereocenters. The van der Waals surface area contributed by atoms with Gasteiger partial charge < -0.3 is 18.8 Å². The molecule has 0 saturated carbocycles. The second-order valence-corrected chi connectivity index (χ2v) is 6.25. The number of benzene rings is 1. The van der Waals surface area contributed by atoms with Crippen LogP contribution in [0.3, 0.4) is 0 Å². The van der Waals surface area contributed by atoms with Gasteiger partial charge in [0, 0.05) is 26.2 Å². The van der Waals surface area contributed by atoms with Gasteiger partial charge in [0.15, 0.2) is 12.4 Å². The van der Waals surface area contributed by atoms with E-state index in [0.717, 1.165) is 5.75 Å². The molecular formula is C20H24N2O5. The van der Waals surface area contributed by atoms with Crippen molar-refractivity contribution in [3.05, 3.63) is 48.4 Å². The lowest BCUT2D eigenvalue weighted by Crippen LogP contribution is -2.51. The molecule has 0 aliphatic carbocycles. The highest BCUT2D eigenvalue weighted by molar-refractivity contribution is 5.95. The van der Waals surface area contributed by atoms with Gasteiger partial charge in [-0.05, 0) is 43.3 Å². The van der Waals surface area contributed by atoms with Crippen molar-refractivity contribution in [1.82, 2.24) is 9.80 Å². The van der Waals surface area contributed by atoms with Crippen LogP contribution in [0, 0.1) is 0 Å². The molecule has 0 N–H and O–H groups in total. The van der Waals surface area contributed by atoms with E-state index in [2.05, 4.69) is 0 Å². The standard InChI is InChI=1S/C20H24N2O5/c1-2-25-16-5-7-17(8-6-16)27-15-20(24)22-11-9-21(10-12-22)14-18(23)19-4-3-13-26-19/h3-8,13H,2,9-12,14-15H2,1H3. The first-order valence-corrected chi connectivity index (χ1v) is 9.08. The Morgan fingerprint density at radius 3 is 2.26 bits per heavy atom. The van der Waals surface area contributed by atoms with Crippen molar-refractivity contribution >= 4 is 11.7 Å². The maximum atomic E-state index is 12.3. The van der Waals surface area contributed by atoms with Gasteiger partial charge >= 0.3 is 0 Å². The van der Waals surface area contributed by atoms with Gasteiger partial charge in [-0.25, -0.2) is 0 Å². The van der Waals surface area contributed by atoms with Gasteiger partial charge in [-0.3, -0.25) is 14.5 Å². The van der Waals surface area contributed by atoms with Crippen LogP contribution in [0.15, 0.2) is 47.1 Å². The van der Waals surface area contributed by atoms with E-state index in [9.17, 15) is 9.59 Å². The number of furan rings is 1. The summed E-state index contributed by atoms with van der Waals surface area (Å²) in [5, 5.41) is 0. The van der Waals surface area contributed by atoms with Crippen molar-refractivity contribution in [1.29, 1.82) is 0 Å². The minimum absolute atomic E-state index is 0.000687. The van der Waals surface area contributed by atoms with Crippen LogP contribution in [0.2, 0.25) is 0 Å². The molecule has 0 spiro atoms. The summed E-state index contributed by atoms with van der Waals surface area (Å²) in [5.74, 6) is 1.68. The summed E-state index contributed by atoms with van der Waals surface area (Å²) < 4.78 is 16.1. The van der Waals surface area contributed by atoms with Gasteiger partial charge in [0.2, 0.25) is 5.78 Å². The van der Waals surface area contributed by atoms with Crippen LogP contribution in [0.5, 0.6) is 11.5 Å². The maximum Gasteiger partial charge on any atom is 0.260 e. The Labute approximate surface area is 158 Å². The SMILES string of the molecule is CCOc1ccc(OCC(=O)N2CCN(CC(=O)c3ccco3)CC2)cc1. The molecule has 2 heterocycles. The van der Waals surface area contributed by atoms with E-state index < -0.39 is 0 Å². The molecule has 0 atom stereocenters. The highest BCUT2D eigenvalue weighted by Crippen LogP contribution is 2.17. The molecule has 1 fully saturated rings. The molecule has 1 aromatic carbocycles. The normalized spacial score (nSPS) is 14.8. The monoisotopic (exact) mass is 372 g/mol. The molecule has 1 aliphatic rings. The lowest BCUT2D eigenvalue weighted by Gasteiger charge is -2.34. The lowest BCUT2D eigenvalue weighted by molar-refractivity contribution is -0.135. The summed E-state index contributed by atoms with van der Waals surface area (Å²) in [6.45, 7) is 5.31. The molecule has 1 aliphatic heterocycles. The summed E-state index contributed by atoms with van der Waals surface area (Å²) in [6.07, 6.45) is 1.49. The molecule has 27 heavy (non-hydrogen) atoms. The lowest BCUT2D eigenvalue weighted by atomic mass is 10.2. The van der Waals surface area contributed by atoms with Crippen LogP contribution >= 0.6 is 0 Å². The van der Waals surface area contributed by atoms with Crippen molar-refractivity contribution in [3.63, 3.8) is 0 Å². The number of Topliss-reactive ketones (excluding diaryl/α,β-unsaturated/α-hetero) is 1. The van der Waals surface area contributed by atoms with Crippen LogP contribution in [-0.2, 0) is 4.79 Å². The zero-order valence-corrected chi connectivity index (χ0v) is 15.4. The fourth-order valence-corrected chi connectivity index (χ4v) is 2.91. The van der Waals surface area contributed by atoms with Crippen LogP contribution < -0.4 is 9.47 Å². The molecule has 1 amide bonds. The van der Waals surface area contributed by atoms with Gasteiger partial charge in [-0.2, -0.15) is 0 Å². The molecule has 144 valence electrons. The first-order chi connectivity index (χ1) is 13.2. The highest BCUT2D eigenvalue weighted by atomic mass is 16.5. The number of amides is 1. The van der Waals surface area contributed by atoms with Crippen molar-refractivity contribution in [2.45, 2.75) is 6.92 Å². The molecule has 7 nitrogen and oxygen atoms in total. The van der Waals surface area contributed by atoms with Crippen molar-refractivity contribution in [2.24, 2.45) is 0 Å². The molecule has 0 bridgehead atoms.